The van der Waals surface area contributed by atoms with E-state index in [9.17, 15) is 23.1 Å². The molecule has 2 aliphatic rings. The van der Waals surface area contributed by atoms with Gasteiger partial charge >= 0.3 is 12.1 Å². The molecule has 0 bridgehead atoms. The first-order chi connectivity index (χ1) is 16.4. The van der Waals surface area contributed by atoms with Crippen LogP contribution < -0.4 is 10.1 Å². The van der Waals surface area contributed by atoms with Gasteiger partial charge in [0.05, 0.1) is 12.0 Å². The summed E-state index contributed by atoms with van der Waals surface area (Å²) in [6.45, 7) is 7.89. The molecule has 4 nitrogen and oxygen atoms in total. The molecule has 192 valence electrons. The van der Waals surface area contributed by atoms with Crippen LogP contribution >= 0.6 is 0 Å². The number of nitrogens with one attached hydrogen (secondary N) is 1. The minimum Gasteiger partial charge on any atom is -0.490 e. The first-order valence-corrected chi connectivity index (χ1v) is 12.7. The van der Waals surface area contributed by atoms with Crippen molar-refractivity contribution >= 4 is 16.7 Å². The van der Waals surface area contributed by atoms with E-state index in [1.165, 1.54) is 6.07 Å². The topological polar surface area (TPSA) is 58.6 Å². The molecule has 1 unspecified atom stereocenters. The predicted molar refractivity (Wildman–Crippen MR) is 130 cm³/mol. The van der Waals surface area contributed by atoms with Crippen molar-refractivity contribution in [3.63, 3.8) is 0 Å². The Morgan fingerprint density at radius 1 is 1.17 bits per heavy atom. The molecule has 0 heterocycles. The van der Waals surface area contributed by atoms with Crippen molar-refractivity contribution in [1.29, 1.82) is 0 Å². The number of ether oxygens (including phenoxy) is 1. The second-order valence-corrected chi connectivity index (χ2v) is 11.0. The minimum absolute atomic E-state index is 0.0238. The normalized spacial score (nSPS) is 27.3. The molecule has 0 saturated heterocycles. The van der Waals surface area contributed by atoms with Crippen LogP contribution in [0.1, 0.15) is 83.4 Å². The first-order valence-electron chi connectivity index (χ1n) is 12.7. The molecule has 0 spiro atoms. The van der Waals surface area contributed by atoms with Gasteiger partial charge in [-0.3, -0.25) is 4.79 Å². The zero-order valence-electron chi connectivity index (χ0n) is 20.9. The number of alkyl halides is 3. The number of hydrogen-bond donors (Lipinski definition) is 2. The molecule has 2 saturated carbocycles. The molecule has 7 heteroatoms. The number of benzene rings is 2. The highest BCUT2D eigenvalue weighted by atomic mass is 19.4. The Hall–Kier alpha value is -2.28. The second-order valence-electron chi connectivity index (χ2n) is 11.0. The van der Waals surface area contributed by atoms with Crippen molar-refractivity contribution in [1.82, 2.24) is 5.32 Å². The lowest BCUT2D eigenvalue weighted by atomic mass is 9.58. The van der Waals surface area contributed by atoms with Crippen LogP contribution in [-0.2, 0) is 11.0 Å². The number of carboxylic acid groups (broad SMARTS) is 1. The molecule has 2 aliphatic carbocycles. The van der Waals surface area contributed by atoms with Gasteiger partial charge in [0.1, 0.15) is 11.3 Å². The van der Waals surface area contributed by atoms with E-state index in [0.717, 1.165) is 37.7 Å². The number of hydrogen-bond acceptors (Lipinski definition) is 3. The fourth-order valence-electron chi connectivity index (χ4n) is 5.84. The highest BCUT2D eigenvalue weighted by Crippen LogP contribution is 2.47. The zero-order chi connectivity index (χ0) is 25.5. The molecule has 0 amide bonds. The Kier molecular flexibility index (Phi) is 7.11. The summed E-state index contributed by atoms with van der Waals surface area (Å²) in [5.41, 5.74) is -0.402. The van der Waals surface area contributed by atoms with Crippen molar-refractivity contribution in [3.8, 4) is 5.75 Å². The summed E-state index contributed by atoms with van der Waals surface area (Å²) in [6, 6.07) is 8.08. The van der Waals surface area contributed by atoms with Crippen LogP contribution in [0.3, 0.4) is 0 Å². The third kappa shape index (κ3) is 5.16. The van der Waals surface area contributed by atoms with Gasteiger partial charge in [-0.25, -0.2) is 0 Å². The van der Waals surface area contributed by atoms with Crippen LogP contribution in [0.4, 0.5) is 13.2 Å². The van der Waals surface area contributed by atoms with Crippen LogP contribution in [0.5, 0.6) is 5.75 Å². The summed E-state index contributed by atoms with van der Waals surface area (Å²) in [5.74, 6) is -0.687. The molecule has 3 atom stereocenters. The van der Waals surface area contributed by atoms with E-state index in [4.69, 9.17) is 4.74 Å². The Labute approximate surface area is 205 Å². The van der Waals surface area contributed by atoms with E-state index < -0.39 is 29.0 Å². The lowest BCUT2D eigenvalue weighted by Crippen LogP contribution is -2.59. The van der Waals surface area contributed by atoms with Gasteiger partial charge in [-0.2, -0.15) is 13.2 Å². The third-order valence-corrected chi connectivity index (χ3v) is 8.47. The molecule has 0 aliphatic heterocycles. The number of halogens is 3. The maximum absolute atomic E-state index is 14.3. The van der Waals surface area contributed by atoms with Crippen molar-refractivity contribution < 1.29 is 27.8 Å². The van der Waals surface area contributed by atoms with Crippen LogP contribution in [0.25, 0.3) is 10.8 Å². The van der Waals surface area contributed by atoms with Gasteiger partial charge in [0.15, 0.2) is 0 Å². The van der Waals surface area contributed by atoms with E-state index in [1.54, 1.807) is 18.2 Å². The summed E-state index contributed by atoms with van der Waals surface area (Å²) in [4.78, 5) is 11.4. The number of carbonyl (C=O) groups is 1. The Morgan fingerprint density at radius 2 is 1.83 bits per heavy atom. The highest BCUT2D eigenvalue weighted by molar-refractivity contribution is 5.89. The molecule has 2 aromatic rings. The first kappa shape index (κ1) is 25.8. The summed E-state index contributed by atoms with van der Waals surface area (Å²) in [6.07, 6.45) is 0.408. The van der Waals surface area contributed by atoms with Gasteiger partial charge in [0.25, 0.3) is 0 Å². The number of rotatable bonds is 7. The smallest absolute Gasteiger partial charge is 0.420 e. The quantitative estimate of drug-likeness (QED) is 0.425. The highest BCUT2D eigenvalue weighted by Gasteiger charge is 2.52. The molecule has 0 aromatic heterocycles. The monoisotopic (exact) mass is 491 g/mol. The lowest BCUT2D eigenvalue weighted by Gasteiger charge is -2.51. The van der Waals surface area contributed by atoms with Gasteiger partial charge in [0, 0.05) is 12.1 Å². The Morgan fingerprint density at radius 3 is 2.40 bits per heavy atom. The molecular formula is C28H36F3NO3. The van der Waals surface area contributed by atoms with Crippen LogP contribution in [0, 0.1) is 17.3 Å². The van der Waals surface area contributed by atoms with Gasteiger partial charge in [-0.15, -0.1) is 0 Å². The van der Waals surface area contributed by atoms with Crippen LogP contribution in [0.2, 0.25) is 0 Å². The second kappa shape index (κ2) is 9.64. The molecular weight excluding hydrogens is 455 g/mol. The average molecular weight is 492 g/mol. The Balaban J connectivity index is 1.60. The molecule has 2 aromatic carbocycles. The Bertz CT molecular complexity index is 1070. The predicted octanol–water partition coefficient (Wildman–Crippen LogP) is 7.36. The van der Waals surface area contributed by atoms with Crippen LogP contribution in [-0.4, -0.2) is 23.2 Å². The van der Waals surface area contributed by atoms with E-state index in [1.807, 2.05) is 26.8 Å². The molecule has 4 rings (SSSR count). The summed E-state index contributed by atoms with van der Waals surface area (Å²) < 4.78 is 49.0. The minimum atomic E-state index is -4.55. The summed E-state index contributed by atoms with van der Waals surface area (Å²) in [7, 11) is 0. The fraction of sp³-hybridized carbons (Fsp3) is 0.607. The molecule has 0 radical (unpaired) electrons. The number of aliphatic carboxylic acids is 1. The largest absolute Gasteiger partial charge is 0.490 e. The maximum atomic E-state index is 14.3. The zero-order valence-corrected chi connectivity index (χ0v) is 20.9. The fourth-order valence-corrected chi connectivity index (χ4v) is 5.84. The van der Waals surface area contributed by atoms with Crippen LogP contribution in [0.15, 0.2) is 30.3 Å². The molecule has 2 fully saturated rings. The summed E-state index contributed by atoms with van der Waals surface area (Å²) in [5, 5.41) is 13.5. The molecule has 2 N–H and O–H groups in total. The molecule has 35 heavy (non-hydrogen) atoms. The van der Waals surface area contributed by atoms with Gasteiger partial charge < -0.3 is 15.2 Å². The van der Waals surface area contributed by atoms with Crippen molar-refractivity contribution in [2.24, 2.45) is 17.3 Å². The maximum Gasteiger partial charge on any atom is 0.420 e. The lowest BCUT2D eigenvalue weighted by molar-refractivity contribution is -0.155. The van der Waals surface area contributed by atoms with Gasteiger partial charge in [-0.1, -0.05) is 45.4 Å². The summed E-state index contributed by atoms with van der Waals surface area (Å²) >= 11 is 0. The van der Waals surface area contributed by atoms with Crippen molar-refractivity contribution in [3.05, 3.63) is 41.5 Å². The van der Waals surface area contributed by atoms with E-state index in [2.05, 4.69) is 12.2 Å². The van der Waals surface area contributed by atoms with Gasteiger partial charge in [0.2, 0.25) is 0 Å². The van der Waals surface area contributed by atoms with Crippen molar-refractivity contribution in [2.75, 3.05) is 0 Å². The standard InChI is InChI=1S/C28H36F3NO3/c1-5-17-6-11-20(12-7-17)35-23-13-10-18-8-9-19(14-21(18)25(23)28(29,30)31)16(2)32-24-15-22(26(33)34)27(24,3)4/h8-10,13-14,16-17,20,22,24,32H,5-7,11-12,15H2,1-4H3,(H,33,34)/t16?,17?,20?,22-,24-/m1/s1. The average Bonchev–Trinajstić information content (AvgIpc) is 2.80. The van der Waals surface area contributed by atoms with E-state index in [-0.39, 0.29) is 29.3 Å². The van der Waals surface area contributed by atoms with Crippen molar-refractivity contribution in [2.45, 2.75) is 90.6 Å². The van der Waals surface area contributed by atoms with E-state index >= 15 is 0 Å². The third-order valence-electron chi connectivity index (χ3n) is 8.47. The number of fused-ring (bicyclic) bond motifs is 1. The van der Waals surface area contributed by atoms with E-state index in [0.29, 0.717) is 17.7 Å². The van der Waals surface area contributed by atoms with Gasteiger partial charge in [-0.05, 0) is 78.8 Å². The number of carboxylic acids is 1. The SMILES string of the molecule is CCC1CCC(Oc2ccc3ccc(C(C)N[C@@H]4C[C@H](C(=O)O)C4(C)C)cc3c2C(F)(F)F)CC1.